The van der Waals surface area contributed by atoms with Crippen molar-refractivity contribution in [3.63, 3.8) is 0 Å². The summed E-state index contributed by atoms with van der Waals surface area (Å²) in [5.41, 5.74) is 0. The average molecular weight is 197 g/mol. The number of nitrogens with one attached hydrogen (secondary N) is 1. The lowest BCUT2D eigenvalue weighted by molar-refractivity contribution is 0.101. The van der Waals surface area contributed by atoms with Gasteiger partial charge in [0.1, 0.15) is 0 Å². The smallest absolute Gasteiger partial charge is 0.0576 e. The van der Waals surface area contributed by atoms with Gasteiger partial charge < -0.3 is 10.1 Å². The zero-order chi connectivity index (χ0) is 9.80. The SMILES string of the molecule is CNC(CCCC1CCCO1)C1CC1. The van der Waals surface area contributed by atoms with E-state index >= 15 is 0 Å². The fraction of sp³-hybridized carbons (Fsp3) is 1.00. The van der Waals surface area contributed by atoms with Crippen LogP contribution >= 0.6 is 0 Å². The quantitative estimate of drug-likeness (QED) is 0.705. The highest BCUT2D eigenvalue weighted by Gasteiger charge is 2.29. The van der Waals surface area contributed by atoms with E-state index in [0.29, 0.717) is 6.10 Å². The Morgan fingerprint density at radius 2 is 2.21 bits per heavy atom. The van der Waals surface area contributed by atoms with Crippen molar-refractivity contribution in [1.82, 2.24) is 5.32 Å². The second kappa shape index (κ2) is 5.13. The van der Waals surface area contributed by atoms with Crippen LogP contribution in [0.15, 0.2) is 0 Å². The summed E-state index contributed by atoms with van der Waals surface area (Å²) in [6.07, 6.45) is 10.0. The number of rotatable bonds is 6. The number of hydrogen-bond acceptors (Lipinski definition) is 2. The van der Waals surface area contributed by atoms with E-state index in [1.165, 1.54) is 44.9 Å². The van der Waals surface area contributed by atoms with E-state index in [1.807, 2.05) is 0 Å². The summed E-state index contributed by atoms with van der Waals surface area (Å²) in [6, 6.07) is 0.788. The van der Waals surface area contributed by atoms with Crippen LogP contribution in [0.25, 0.3) is 0 Å². The van der Waals surface area contributed by atoms with Gasteiger partial charge in [0.15, 0.2) is 0 Å². The maximum Gasteiger partial charge on any atom is 0.0576 e. The fourth-order valence-corrected chi connectivity index (χ4v) is 2.55. The van der Waals surface area contributed by atoms with E-state index in [1.54, 1.807) is 0 Å². The molecule has 82 valence electrons. The molecule has 2 rings (SSSR count). The Labute approximate surface area is 87.4 Å². The van der Waals surface area contributed by atoms with Crippen LogP contribution in [0.3, 0.4) is 0 Å². The summed E-state index contributed by atoms with van der Waals surface area (Å²) in [5, 5.41) is 3.45. The van der Waals surface area contributed by atoms with E-state index in [4.69, 9.17) is 4.74 Å². The van der Waals surface area contributed by atoms with Gasteiger partial charge in [0, 0.05) is 12.6 Å². The highest BCUT2D eigenvalue weighted by molar-refractivity contribution is 4.85. The lowest BCUT2D eigenvalue weighted by Gasteiger charge is -2.16. The highest BCUT2D eigenvalue weighted by Crippen LogP contribution is 2.34. The molecule has 1 saturated carbocycles. The summed E-state index contributed by atoms with van der Waals surface area (Å²) in [7, 11) is 2.11. The van der Waals surface area contributed by atoms with Crippen molar-refractivity contribution in [2.45, 2.75) is 57.1 Å². The molecule has 1 aliphatic carbocycles. The lowest BCUT2D eigenvalue weighted by Crippen LogP contribution is -2.27. The van der Waals surface area contributed by atoms with Gasteiger partial charge in [0.05, 0.1) is 6.10 Å². The standard InChI is InChI=1S/C12H23NO/c1-13-12(10-7-8-10)6-2-4-11-5-3-9-14-11/h10-13H,2-9H2,1H3. The molecule has 1 aliphatic heterocycles. The minimum absolute atomic E-state index is 0.590. The molecule has 2 aliphatic rings. The Kier molecular flexibility index (Phi) is 3.82. The Balaban J connectivity index is 1.56. The van der Waals surface area contributed by atoms with Crippen LogP contribution in [0.1, 0.15) is 44.9 Å². The van der Waals surface area contributed by atoms with Crippen LogP contribution in [0.5, 0.6) is 0 Å². The van der Waals surface area contributed by atoms with Gasteiger partial charge in [-0.05, 0) is 57.9 Å². The summed E-state index contributed by atoms with van der Waals surface area (Å²) in [6.45, 7) is 1.00. The second-order valence-electron chi connectivity index (χ2n) is 4.80. The van der Waals surface area contributed by atoms with E-state index in [-0.39, 0.29) is 0 Å². The minimum Gasteiger partial charge on any atom is -0.378 e. The molecule has 0 amide bonds. The molecule has 2 atom stereocenters. The summed E-state index contributed by atoms with van der Waals surface area (Å²) < 4.78 is 5.62. The Bertz CT molecular complexity index is 162. The largest absolute Gasteiger partial charge is 0.378 e. The van der Waals surface area contributed by atoms with Crippen LogP contribution in [-0.4, -0.2) is 25.8 Å². The first kappa shape index (κ1) is 10.4. The van der Waals surface area contributed by atoms with Gasteiger partial charge in [-0.1, -0.05) is 0 Å². The van der Waals surface area contributed by atoms with E-state index < -0.39 is 0 Å². The fourth-order valence-electron chi connectivity index (χ4n) is 2.55. The van der Waals surface area contributed by atoms with Crippen LogP contribution in [0.2, 0.25) is 0 Å². The third-order valence-electron chi connectivity index (χ3n) is 3.63. The van der Waals surface area contributed by atoms with Crippen molar-refractivity contribution >= 4 is 0 Å². The van der Waals surface area contributed by atoms with Crippen molar-refractivity contribution in [3.8, 4) is 0 Å². The molecule has 2 unspecified atom stereocenters. The summed E-state index contributed by atoms with van der Waals surface area (Å²) in [4.78, 5) is 0. The molecule has 1 heterocycles. The third-order valence-corrected chi connectivity index (χ3v) is 3.63. The molecule has 0 spiro atoms. The maximum absolute atomic E-state index is 5.62. The molecule has 0 radical (unpaired) electrons. The van der Waals surface area contributed by atoms with Gasteiger partial charge in [-0.15, -0.1) is 0 Å². The summed E-state index contributed by atoms with van der Waals surface area (Å²) >= 11 is 0. The topological polar surface area (TPSA) is 21.3 Å². The maximum atomic E-state index is 5.62. The normalized spacial score (nSPS) is 29.4. The minimum atomic E-state index is 0.590. The summed E-state index contributed by atoms with van der Waals surface area (Å²) in [5.74, 6) is 0.990. The van der Waals surface area contributed by atoms with E-state index in [9.17, 15) is 0 Å². The molecule has 1 saturated heterocycles. The lowest BCUT2D eigenvalue weighted by atomic mass is 10.0. The van der Waals surface area contributed by atoms with Gasteiger partial charge in [-0.2, -0.15) is 0 Å². The molecule has 2 fully saturated rings. The first-order valence-electron chi connectivity index (χ1n) is 6.19. The van der Waals surface area contributed by atoms with Crippen molar-refractivity contribution < 1.29 is 4.74 Å². The molecule has 0 aromatic heterocycles. The average Bonchev–Trinajstić information content (AvgIpc) is 2.91. The molecule has 0 aromatic carbocycles. The first-order chi connectivity index (χ1) is 6.90. The second-order valence-corrected chi connectivity index (χ2v) is 4.80. The van der Waals surface area contributed by atoms with Crippen LogP contribution in [-0.2, 0) is 4.74 Å². The van der Waals surface area contributed by atoms with Gasteiger partial charge >= 0.3 is 0 Å². The molecular weight excluding hydrogens is 174 g/mol. The van der Waals surface area contributed by atoms with Crippen molar-refractivity contribution in [3.05, 3.63) is 0 Å². The van der Waals surface area contributed by atoms with Crippen molar-refractivity contribution in [2.24, 2.45) is 5.92 Å². The third kappa shape index (κ3) is 2.96. The number of hydrogen-bond donors (Lipinski definition) is 1. The molecule has 2 heteroatoms. The van der Waals surface area contributed by atoms with Crippen LogP contribution in [0.4, 0.5) is 0 Å². The van der Waals surface area contributed by atoms with Crippen LogP contribution in [0, 0.1) is 5.92 Å². The van der Waals surface area contributed by atoms with Crippen LogP contribution < -0.4 is 5.32 Å². The molecule has 14 heavy (non-hydrogen) atoms. The van der Waals surface area contributed by atoms with Crippen molar-refractivity contribution in [2.75, 3.05) is 13.7 Å². The van der Waals surface area contributed by atoms with Gasteiger partial charge in [0.25, 0.3) is 0 Å². The Morgan fingerprint density at radius 3 is 2.79 bits per heavy atom. The zero-order valence-corrected chi connectivity index (χ0v) is 9.30. The Hall–Kier alpha value is -0.0800. The Morgan fingerprint density at radius 1 is 1.36 bits per heavy atom. The van der Waals surface area contributed by atoms with E-state index in [2.05, 4.69) is 12.4 Å². The van der Waals surface area contributed by atoms with Gasteiger partial charge in [-0.3, -0.25) is 0 Å². The molecular formula is C12H23NO. The zero-order valence-electron chi connectivity index (χ0n) is 9.30. The molecule has 0 aromatic rings. The monoisotopic (exact) mass is 197 g/mol. The predicted molar refractivity (Wildman–Crippen MR) is 58.4 cm³/mol. The first-order valence-corrected chi connectivity index (χ1v) is 6.19. The predicted octanol–water partition coefficient (Wildman–Crippen LogP) is 2.33. The van der Waals surface area contributed by atoms with Gasteiger partial charge in [0.2, 0.25) is 0 Å². The highest BCUT2D eigenvalue weighted by atomic mass is 16.5. The molecule has 0 bridgehead atoms. The molecule has 1 N–H and O–H groups in total. The van der Waals surface area contributed by atoms with Gasteiger partial charge in [-0.25, -0.2) is 0 Å². The van der Waals surface area contributed by atoms with Crippen molar-refractivity contribution in [1.29, 1.82) is 0 Å². The number of ether oxygens (including phenoxy) is 1. The molecule has 2 nitrogen and oxygen atoms in total. The van der Waals surface area contributed by atoms with E-state index in [0.717, 1.165) is 18.6 Å².